The normalized spacial score (nSPS) is 18.6. The first-order valence-electron chi connectivity index (χ1n) is 7.47. The second-order valence-electron chi connectivity index (χ2n) is 5.68. The second kappa shape index (κ2) is 5.19. The summed E-state index contributed by atoms with van der Waals surface area (Å²) in [6.45, 7) is 0.448. The molecule has 0 radical (unpaired) electrons. The van der Waals surface area contributed by atoms with E-state index in [1.54, 1.807) is 29.2 Å². The van der Waals surface area contributed by atoms with Gasteiger partial charge in [-0.25, -0.2) is 9.97 Å². The molecule has 0 spiro atoms. The van der Waals surface area contributed by atoms with Gasteiger partial charge in [-0.3, -0.25) is 0 Å². The van der Waals surface area contributed by atoms with Gasteiger partial charge in [0, 0.05) is 11.9 Å². The van der Waals surface area contributed by atoms with Crippen LogP contribution in [0.3, 0.4) is 0 Å². The predicted octanol–water partition coefficient (Wildman–Crippen LogP) is 3.56. The lowest BCUT2D eigenvalue weighted by Crippen LogP contribution is -2.32. The molecule has 0 amide bonds. The minimum absolute atomic E-state index is 0.0260. The Kier molecular flexibility index (Phi) is 3.22. The van der Waals surface area contributed by atoms with E-state index >= 15 is 0 Å². The van der Waals surface area contributed by atoms with Crippen LogP contribution in [-0.4, -0.2) is 28.8 Å². The molecule has 24 heavy (non-hydrogen) atoms. The summed E-state index contributed by atoms with van der Waals surface area (Å²) < 4.78 is 45.4. The summed E-state index contributed by atoms with van der Waals surface area (Å²) in [5.41, 5.74) is 0.724. The summed E-state index contributed by atoms with van der Waals surface area (Å²) >= 11 is 0. The Morgan fingerprint density at radius 2 is 2.04 bits per heavy atom. The molecule has 1 aliphatic rings. The van der Waals surface area contributed by atoms with Crippen LogP contribution in [0.4, 0.5) is 19.0 Å². The Morgan fingerprint density at radius 3 is 2.79 bits per heavy atom. The Labute approximate surface area is 134 Å². The van der Waals surface area contributed by atoms with Gasteiger partial charge in [-0.05, 0) is 25.0 Å². The predicted molar refractivity (Wildman–Crippen MR) is 80.7 cm³/mol. The molecule has 0 unspecified atom stereocenters. The van der Waals surface area contributed by atoms with Crippen LogP contribution in [0.15, 0.2) is 28.7 Å². The maximum atomic E-state index is 13.2. The van der Waals surface area contributed by atoms with Crippen LogP contribution in [0.25, 0.3) is 22.1 Å². The third kappa shape index (κ3) is 2.21. The summed E-state index contributed by atoms with van der Waals surface area (Å²) in [6.07, 6.45) is -2.67. The molecule has 2 aromatic heterocycles. The van der Waals surface area contributed by atoms with Gasteiger partial charge in [0.2, 0.25) is 5.82 Å². The SMILES string of the molecule is O=C[C@@H]1CCCN1c1nc(C(F)(F)F)nc2c1oc1ccccc12. The lowest BCUT2D eigenvalue weighted by Gasteiger charge is -2.22. The molecule has 0 bridgehead atoms. The quantitative estimate of drug-likeness (QED) is 0.670. The molecule has 3 aromatic rings. The molecule has 8 heteroatoms. The first-order chi connectivity index (χ1) is 11.5. The van der Waals surface area contributed by atoms with Crippen LogP contribution < -0.4 is 4.90 Å². The molecule has 1 fully saturated rings. The highest BCUT2D eigenvalue weighted by Crippen LogP contribution is 2.38. The minimum atomic E-state index is -4.68. The van der Waals surface area contributed by atoms with Crippen LogP contribution in [0, 0.1) is 0 Å². The maximum absolute atomic E-state index is 13.2. The highest BCUT2D eigenvalue weighted by atomic mass is 19.4. The molecule has 1 saturated heterocycles. The minimum Gasteiger partial charge on any atom is -0.450 e. The molecule has 1 aromatic carbocycles. The van der Waals surface area contributed by atoms with E-state index < -0.39 is 18.0 Å². The van der Waals surface area contributed by atoms with Gasteiger partial charge in [0.1, 0.15) is 17.4 Å². The van der Waals surface area contributed by atoms with Gasteiger partial charge in [0.05, 0.1) is 6.04 Å². The van der Waals surface area contributed by atoms with Gasteiger partial charge in [0.25, 0.3) is 0 Å². The van der Waals surface area contributed by atoms with Crippen molar-refractivity contribution >= 4 is 34.2 Å². The van der Waals surface area contributed by atoms with Crippen LogP contribution in [-0.2, 0) is 11.0 Å². The molecule has 1 aliphatic heterocycles. The lowest BCUT2D eigenvalue weighted by atomic mass is 10.2. The third-order valence-corrected chi connectivity index (χ3v) is 4.18. The van der Waals surface area contributed by atoms with E-state index in [2.05, 4.69) is 9.97 Å². The third-order valence-electron chi connectivity index (χ3n) is 4.18. The number of carbonyl (C=O) groups is 1. The standard InChI is InChI=1S/C16H12F3N3O2/c17-16(18,19)15-20-12-10-5-1-2-6-11(10)24-13(12)14(21-15)22-7-3-4-9(22)8-23/h1-2,5-6,8-9H,3-4,7H2/t9-/m0/s1. The van der Waals surface area contributed by atoms with E-state index in [1.807, 2.05) is 0 Å². The zero-order valence-corrected chi connectivity index (χ0v) is 12.4. The molecular formula is C16H12F3N3O2. The van der Waals surface area contributed by atoms with Crippen molar-refractivity contribution in [1.29, 1.82) is 0 Å². The van der Waals surface area contributed by atoms with Gasteiger partial charge in [0.15, 0.2) is 11.4 Å². The second-order valence-corrected chi connectivity index (χ2v) is 5.68. The largest absolute Gasteiger partial charge is 0.451 e. The summed E-state index contributed by atoms with van der Waals surface area (Å²) in [6, 6.07) is 6.25. The molecule has 0 N–H and O–H groups in total. The summed E-state index contributed by atoms with van der Waals surface area (Å²) in [5.74, 6) is -1.20. The van der Waals surface area contributed by atoms with Gasteiger partial charge in [-0.1, -0.05) is 12.1 Å². The number of rotatable bonds is 2. The van der Waals surface area contributed by atoms with Crippen molar-refractivity contribution < 1.29 is 22.4 Å². The number of anilines is 1. The number of aldehydes is 1. The first-order valence-corrected chi connectivity index (χ1v) is 7.47. The number of alkyl halides is 3. The van der Waals surface area contributed by atoms with Gasteiger partial charge >= 0.3 is 6.18 Å². The first kappa shape index (κ1) is 14.9. The lowest BCUT2D eigenvalue weighted by molar-refractivity contribution is -0.144. The summed E-state index contributed by atoms with van der Waals surface area (Å²) in [5, 5.41) is 0.489. The number of carbonyl (C=O) groups excluding carboxylic acids is 1. The molecule has 0 aliphatic carbocycles. The summed E-state index contributed by atoms with van der Waals surface area (Å²) in [7, 11) is 0. The maximum Gasteiger partial charge on any atom is 0.451 e. The molecule has 4 rings (SSSR count). The molecule has 3 heterocycles. The fraction of sp³-hybridized carbons (Fsp3) is 0.312. The number of hydrogen-bond acceptors (Lipinski definition) is 5. The van der Waals surface area contributed by atoms with E-state index in [1.165, 1.54) is 0 Å². The van der Waals surface area contributed by atoms with Gasteiger partial charge in [-0.2, -0.15) is 13.2 Å². The van der Waals surface area contributed by atoms with Crippen LogP contribution >= 0.6 is 0 Å². The van der Waals surface area contributed by atoms with E-state index in [9.17, 15) is 18.0 Å². The van der Waals surface area contributed by atoms with Crippen molar-refractivity contribution in [2.45, 2.75) is 25.1 Å². The Bertz CT molecular complexity index is 935. The van der Waals surface area contributed by atoms with Gasteiger partial charge < -0.3 is 14.1 Å². The summed E-state index contributed by atoms with van der Waals surface area (Å²) in [4.78, 5) is 20.2. The number of para-hydroxylation sites is 1. The van der Waals surface area contributed by atoms with Crippen molar-refractivity contribution in [2.75, 3.05) is 11.4 Å². The smallest absolute Gasteiger partial charge is 0.450 e. The molecule has 124 valence electrons. The van der Waals surface area contributed by atoms with E-state index in [4.69, 9.17) is 4.42 Å². The zero-order chi connectivity index (χ0) is 16.9. The average Bonchev–Trinajstić information content (AvgIpc) is 3.17. The van der Waals surface area contributed by atoms with Crippen molar-refractivity contribution in [3.8, 4) is 0 Å². The Balaban J connectivity index is 2.04. The number of furan rings is 1. The topological polar surface area (TPSA) is 59.2 Å². The fourth-order valence-electron chi connectivity index (χ4n) is 3.09. The van der Waals surface area contributed by atoms with Crippen molar-refractivity contribution in [3.63, 3.8) is 0 Å². The number of nitrogens with zero attached hydrogens (tertiary/aromatic N) is 3. The Hall–Kier alpha value is -2.64. The van der Waals surface area contributed by atoms with Crippen molar-refractivity contribution in [2.24, 2.45) is 0 Å². The monoisotopic (exact) mass is 335 g/mol. The van der Waals surface area contributed by atoms with Crippen LogP contribution in [0.1, 0.15) is 18.7 Å². The Morgan fingerprint density at radius 1 is 1.25 bits per heavy atom. The van der Waals surface area contributed by atoms with E-state index in [0.717, 1.165) is 6.29 Å². The van der Waals surface area contributed by atoms with Crippen LogP contribution in [0.5, 0.6) is 0 Å². The molecule has 1 atom stereocenters. The number of halogens is 3. The number of fused-ring (bicyclic) bond motifs is 3. The number of aromatic nitrogens is 2. The highest BCUT2D eigenvalue weighted by molar-refractivity contribution is 6.06. The van der Waals surface area contributed by atoms with E-state index in [-0.39, 0.29) is 16.9 Å². The van der Waals surface area contributed by atoms with Crippen LogP contribution in [0.2, 0.25) is 0 Å². The molecular weight excluding hydrogens is 323 g/mol. The van der Waals surface area contributed by atoms with Crippen molar-refractivity contribution in [1.82, 2.24) is 9.97 Å². The number of benzene rings is 1. The molecule has 5 nitrogen and oxygen atoms in total. The zero-order valence-electron chi connectivity index (χ0n) is 12.4. The van der Waals surface area contributed by atoms with E-state index in [0.29, 0.717) is 30.4 Å². The number of hydrogen-bond donors (Lipinski definition) is 0. The highest BCUT2D eigenvalue weighted by Gasteiger charge is 2.38. The van der Waals surface area contributed by atoms with Crippen molar-refractivity contribution in [3.05, 3.63) is 30.1 Å². The average molecular weight is 335 g/mol. The fourth-order valence-corrected chi connectivity index (χ4v) is 3.09. The van der Waals surface area contributed by atoms with Gasteiger partial charge in [-0.15, -0.1) is 0 Å². The molecule has 0 saturated carbocycles.